The van der Waals surface area contributed by atoms with E-state index in [0.717, 1.165) is 11.3 Å². The third-order valence-electron chi connectivity index (χ3n) is 2.86. The minimum absolute atomic E-state index is 0. The van der Waals surface area contributed by atoms with Gasteiger partial charge in [0.1, 0.15) is 0 Å². The van der Waals surface area contributed by atoms with Crippen LogP contribution in [-0.2, 0) is 4.79 Å². The number of nitrogens with two attached hydrogens (primary N) is 1. The lowest BCUT2D eigenvalue weighted by Gasteiger charge is -2.09. The zero-order valence-corrected chi connectivity index (χ0v) is 12.2. The van der Waals surface area contributed by atoms with Crippen LogP contribution in [0.1, 0.15) is 12.8 Å². The van der Waals surface area contributed by atoms with Gasteiger partial charge >= 0.3 is 0 Å². The van der Waals surface area contributed by atoms with Crippen molar-refractivity contribution in [2.75, 3.05) is 11.9 Å². The molecule has 2 rings (SSSR count). The van der Waals surface area contributed by atoms with E-state index in [1.54, 1.807) is 20.0 Å². The van der Waals surface area contributed by atoms with Crippen molar-refractivity contribution >= 4 is 24.0 Å². The molecule has 0 fully saturated rings. The van der Waals surface area contributed by atoms with Gasteiger partial charge < -0.3 is 15.5 Å². The minimum Gasteiger partial charge on any atom is -0.441 e. The van der Waals surface area contributed by atoms with Crippen LogP contribution in [0.3, 0.4) is 0 Å². The molecule has 0 aliphatic heterocycles. The molecule has 5 nitrogen and oxygen atoms in total. The Morgan fingerprint density at radius 1 is 1.40 bits per heavy atom. The third kappa shape index (κ3) is 3.82. The first-order valence-electron chi connectivity index (χ1n) is 6.14. The van der Waals surface area contributed by atoms with Crippen LogP contribution >= 0.6 is 12.4 Å². The fourth-order valence-corrected chi connectivity index (χ4v) is 1.59. The van der Waals surface area contributed by atoms with Crippen molar-refractivity contribution in [2.24, 2.45) is 11.7 Å². The first kappa shape index (κ1) is 16.2. The molecule has 20 heavy (non-hydrogen) atoms. The molecular weight excluding hydrogens is 278 g/mol. The molecule has 0 saturated carbocycles. The number of carbonyl (C=O) groups is 1. The number of nitrogens with one attached hydrogen (secondary N) is 1. The van der Waals surface area contributed by atoms with Crippen LogP contribution in [0.2, 0.25) is 0 Å². The molecule has 3 N–H and O–H groups in total. The average molecular weight is 296 g/mol. The van der Waals surface area contributed by atoms with E-state index in [1.807, 2.05) is 24.3 Å². The standard InChI is InChI=1S/C14H17N3O2.ClH/c1-9(7-15)14(18)17-12-5-3-11(4-6-12)13-8-16-10(2)19-13;/h3-6,8-9H,7,15H2,1-2H3,(H,17,18);1H. The molecule has 0 aliphatic carbocycles. The van der Waals surface area contributed by atoms with Crippen LogP contribution in [0, 0.1) is 12.8 Å². The summed E-state index contributed by atoms with van der Waals surface area (Å²) in [6.07, 6.45) is 1.68. The highest BCUT2D eigenvalue weighted by Crippen LogP contribution is 2.22. The summed E-state index contributed by atoms with van der Waals surface area (Å²) >= 11 is 0. The Hall–Kier alpha value is -1.85. The molecule has 2 aromatic rings. The van der Waals surface area contributed by atoms with Crippen LogP contribution in [0.5, 0.6) is 0 Å². The van der Waals surface area contributed by atoms with Crippen molar-refractivity contribution in [2.45, 2.75) is 13.8 Å². The van der Waals surface area contributed by atoms with E-state index in [4.69, 9.17) is 10.2 Å². The summed E-state index contributed by atoms with van der Waals surface area (Å²) in [5.74, 6) is 1.07. The van der Waals surface area contributed by atoms with Gasteiger partial charge in [-0.2, -0.15) is 0 Å². The van der Waals surface area contributed by atoms with E-state index < -0.39 is 0 Å². The molecule has 0 spiro atoms. The average Bonchev–Trinajstić information content (AvgIpc) is 2.85. The van der Waals surface area contributed by atoms with Gasteiger partial charge in [-0.25, -0.2) is 4.98 Å². The monoisotopic (exact) mass is 295 g/mol. The highest BCUT2D eigenvalue weighted by Gasteiger charge is 2.11. The van der Waals surface area contributed by atoms with E-state index in [2.05, 4.69) is 10.3 Å². The summed E-state index contributed by atoms with van der Waals surface area (Å²) in [7, 11) is 0. The van der Waals surface area contributed by atoms with Gasteiger partial charge in [-0.15, -0.1) is 12.4 Å². The highest BCUT2D eigenvalue weighted by atomic mass is 35.5. The number of aromatic nitrogens is 1. The molecule has 1 heterocycles. The molecule has 0 aliphatic rings. The normalized spacial score (nSPS) is 11.6. The molecule has 1 aromatic carbocycles. The van der Waals surface area contributed by atoms with E-state index in [9.17, 15) is 4.79 Å². The second-order valence-corrected chi connectivity index (χ2v) is 4.45. The van der Waals surface area contributed by atoms with E-state index in [1.165, 1.54) is 0 Å². The first-order valence-corrected chi connectivity index (χ1v) is 6.14. The Kier molecular flexibility index (Phi) is 5.73. The number of hydrogen-bond acceptors (Lipinski definition) is 4. The summed E-state index contributed by atoms with van der Waals surface area (Å²) in [5.41, 5.74) is 7.11. The van der Waals surface area contributed by atoms with Crippen molar-refractivity contribution < 1.29 is 9.21 Å². The number of aryl methyl sites for hydroxylation is 1. The summed E-state index contributed by atoms with van der Waals surface area (Å²) in [4.78, 5) is 15.7. The summed E-state index contributed by atoms with van der Waals surface area (Å²) in [5, 5.41) is 2.81. The van der Waals surface area contributed by atoms with Crippen molar-refractivity contribution in [1.29, 1.82) is 0 Å². The number of oxazole rings is 1. The first-order chi connectivity index (χ1) is 9.10. The molecule has 0 saturated heterocycles. The Morgan fingerprint density at radius 2 is 2.05 bits per heavy atom. The molecule has 1 aromatic heterocycles. The summed E-state index contributed by atoms with van der Waals surface area (Å²) in [6.45, 7) is 3.93. The molecule has 0 bridgehead atoms. The molecule has 1 amide bonds. The number of rotatable bonds is 4. The molecular formula is C14H18ClN3O2. The topological polar surface area (TPSA) is 81.2 Å². The predicted molar refractivity (Wildman–Crippen MR) is 80.8 cm³/mol. The summed E-state index contributed by atoms with van der Waals surface area (Å²) < 4.78 is 5.43. The minimum atomic E-state index is -0.198. The zero-order chi connectivity index (χ0) is 13.8. The van der Waals surface area contributed by atoms with Gasteiger partial charge in [0.2, 0.25) is 5.91 Å². The Labute approximate surface area is 124 Å². The van der Waals surface area contributed by atoms with Gasteiger partial charge in [0.15, 0.2) is 11.7 Å². The fraction of sp³-hybridized carbons (Fsp3) is 0.286. The van der Waals surface area contributed by atoms with Crippen molar-refractivity contribution in [3.05, 3.63) is 36.4 Å². The summed E-state index contributed by atoms with van der Waals surface area (Å²) in [6, 6.07) is 7.41. The van der Waals surface area contributed by atoms with Crippen molar-refractivity contribution in [1.82, 2.24) is 4.98 Å². The number of halogens is 1. The second-order valence-electron chi connectivity index (χ2n) is 4.45. The SMILES string of the molecule is Cc1ncc(-c2ccc(NC(=O)C(C)CN)cc2)o1.Cl. The van der Waals surface area contributed by atoms with Crippen molar-refractivity contribution in [3.63, 3.8) is 0 Å². The molecule has 6 heteroatoms. The lowest BCUT2D eigenvalue weighted by molar-refractivity contribution is -0.119. The lowest BCUT2D eigenvalue weighted by atomic mass is 10.1. The maximum atomic E-state index is 11.7. The number of nitrogens with zero attached hydrogens (tertiary/aromatic N) is 1. The van der Waals surface area contributed by atoms with Gasteiger partial charge in [-0.3, -0.25) is 4.79 Å². The van der Waals surface area contributed by atoms with Crippen LogP contribution in [0.25, 0.3) is 11.3 Å². The molecule has 0 radical (unpaired) electrons. The maximum absolute atomic E-state index is 11.7. The van der Waals surface area contributed by atoms with Crippen LogP contribution in [0.15, 0.2) is 34.9 Å². The Balaban J connectivity index is 0.00000200. The quantitative estimate of drug-likeness (QED) is 0.908. The van der Waals surface area contributed by atoms with Gasteiger partial charge in [0, 0.05) is 30.6 Å². The number of anilines is 1. The van der Waals surface area contributed by atoms with Crippen LogP contribution < -0.4 is 11.1 Å². The number of benzene rings is 1. The number of carbonyl (C=O) groups excluding carboxylic acids is 1. The van der Waals surface area contributed by atoms with Crippen LogP contribution in [0.4, 0.5) is 5.69 Å². The largest absolute Gasteiger partial charge is 0.441 e. The Bertz CT molecular complexity index is 566. The van der Waals surface area contributed by atoms with Gasteiger partial charge in [-0.05, 0) is 24.3 Å². The van der Waals surface area contributed by atoms with E-state index in [0.29, 0.717) is 18.2 Å². The Morgan fingerprint density at radius 3 is 2.55 bits per heavy atom. The number of amides is 1. The third-order valence-corrected chi connectivity index (χ3v) is 2.86. The number of hydrogen-bond donors (Lipinski definition) is 2. The highest BCUT2D eigenvalue weighted by molar-refractivity contribution is 5.92. The van der Waals surface area contributed by atoms with Crippen LogP contribution in [-0.4, -0.2) is 17.4 Å². The van der Waals surface area contributed by atoms with E-state index in [-0.39, 0.29) is 24.2 Å². The molecule has 1 atom stereocenters. The van der Waals surface area contributed by atoms with Gasteiger partial charge in [-0.1, -0.05) is 6.92 Å². The zero-order valence-electron chi connectivity index (χ0n) is 11.4. The fourth-order valence-electron chi connectivity index (χ4n) is 1.59. The van der Waals surface area contributed by atoms with Gasteiger partial charge in [0.05, 0.1) is 6.20 Å². The molecule has 1 unspecified atom stereocenters. The van der Waals surface area contributed by atoms with E-state index >= 15 is 0 Å². The second kappa shape index (κ2) is 7.07. The smallest absolute Gasteiger partial charge is 0.228 e. The predicted octanol–water partition coefficient (Wildman–Crippen LogP) is 2.61. The van der Waals surface area contributed by atoms with Crippen molar-refractivity contribution in [3.8, 4) is 11.3 Å². The maximum Gasteiger partial charge on any atom is 0.228 e. The van der Waals surface area contributed by atoms with Gasteiger partial charge in [0.25, 0.3) is 0 Å². The molecule has 108 valence electrons. The lowest BCUT2D eigenvalue weighted by Crippen LogP contribution is -2.26.